The zero-order chi connectivity index (χ0) is 14.0. The van der Waals surface area contributed by atoms with Crippen LogP contribution in [0.3, 0.4) is 0 Å². The quantitative estimate of drug-likeness (QED) is 0.899. The summed E-state index contributed by atoms with van der Waals surface area (Å²) < 4.78 is 5.90. The molecule has 3 N–H and O–H groups in total. The minimum atomic E-state index is -0.236. The Morgan fingerprint density at radius 3 is 2.84 bits per heavy atom. The van der Waals surface area contributed by atoms with Gasteiger partial charge in [0.15, 0.2) is 5.13 Å². The van der Waals surface area contributed by atoms with Gasteiger partial charge in [0.25, 0.3) is 5.91 Å². The van der Waals surface area contributed by atoms with Gasteiger partial charge in [-0.25, -0.2) is 4.98 Å². The van der Waals surface area contributed by atoms with Crippen molar-refractivity contribution in [2.24, 2.45) is 0 Å². The van der Waals surface area contributed by atoms with E-state index in [2.05, 4.69) is 26.2 Å². The Labute approximate surface area is 122 Å². The molecule has 0 fully saturated rings. The number of aryl methyl sites for hydroxylation is 1. The number of nitrogens with two attached hydrogens (primary N) is 1. The summed E-state index contributed by atoms with van der Waals surface area (Å²) in [6, 6.07) is 5.35. The molecule has 0 unspecified atom stereocenters. The normalized spacial score (nSPS) is 10.3. The average molecular weight is 342 g/mol. The number of ether oxygens (including phenoxy) is 1. The van der Waals surface area contributed by atoms with Crippen molar-refractivity contribution in [2.45, 2.75) is 6.92 Å². The Bertz CT molecular complexity index is 627. The molecule has 0 aliphatic carbocycles. The van der Waals surface area contributed by atoms with Gasteiger partial charge in [-0.2, -0.15) is 0 Å². The van der Waals surface area contributed by atoms with E-state index in [-0.39, 0.29) is 5.91 Å². The van der Waals surface area contributed by atoms with Gasteiger partial charge in [-0.1, -0.05) is 11.3 Å². The number of nitrogen functional groups attached to an aromatic ring is 1. The highest BCUT2D eigenvalue weighted by Gasteiger charge is 2.15. The predicted molar refractivity (Wildman–Crippen MR) is 79.9 cm³/mol. The van der Waals surface area contributed by atoms with Gasteiger partial charge in [-0.15, -0.1) is 0 Å². The molecule has 0 radical (unpaired) electrons. The second-order valence-electron chi connectivity index (χ2n) is 3.77. The summed E-state index contributed by atoms with van der Waals surface area (Å²) in [5.41, 5.74) is 6.84. The second-order valence-corrected chi connectivity index (χ2v) is 5.65. The maximum atomic E-state index is 12.1. The number of hydrogen-bond donors (Lipinski definition) is 2. The van der Waals surface area contributed by atoms with Crippen LogP contribution in [0.4, 0.5) is 10.8 Å². The minimum absolute atomic E-state index is 0.236. The van der Waals surface area contributed by atoms with Crippen LogP contribution in [0.2, 0.25) is 0 Å². The number of aromatic nitrogens is 1. The summed E-state index contributed by atoms with van der Waals surface area (Å²) in [7, 11) is 1.57. The summed E-state index contributed by atoms with van der Waals surface area (Å²) in [4.78, 5) is 16.7. The smallest absolute Gasteiger partial charge is 0.267 e. The Kier molecular flexibility index (Phi) is 4.06. The van der Waals surface area contributed by atoms with Crippen molar-refractivity contribution < 1.29 is 9.53 Å². The van der Waals surface area contributed by atoms with Gasteiger partial charge >= 0.3 is 0 Å². The van der Waals surface area contributed by atoms with Crippen molar-refractivity contribution in [2.75, 3.05) is 18.2 Å². The fourth-order valence-electron chi connectivity index (χ4n) is 1.53. The Balaban J connectivity index is 2.26. The van der Waals surface area contributed by atoms with Crippen LogP contribution in [0.1, 0.15) is 15.4 Å². The molecule has 1 amide bonds. The fourth-order valence-corrected chi connectivity index (χ4v) is 2.61. The molecular weight excluding hydrogens is 330 g/mol. The minimum Gasteiger partial charge on any atom is -0.497 e. The number of amides is 1. The molecule has 19 heavy (non-hydrogen) atoms. The zero-order valence-electron chi connectivity index (χ0n) is 10.4. The number of nitrogens with one attached hydrogen (secondary N) is 1. The van der Waals surface area contributed by atoms with Crippen LogP contribution < -0.4 is 15.8 Å². The van der Waals surface area contributed by atoms with Crippen molar-refractivity contribution >= 4 is 44.0 Å². The lowest BCUT2D eigenvalue weighted by Crippen LogP contribution is -2.12. The second kappa shape index (κ2) is 5.58. The molecule has 0 atom stereocenters. The first-order chi connectivity index (χ1) is 9.01. The molecule has 0 aliphatic heterocycles. The molecular formula is C12H12BrN3O2S. The third-order valence-electron chi connectivity index (χ3n) is 2.44. The van der Waals surface area contributed by atoms with Crippen molar-refractivity contribution in [3.05, 3.63) is 33.2 Å². The standard InChI is InChI=1S/C12H12BrN3O2S/c1-6-10(19-12(14)15-6)11(17)16-9-5-7(18-2)3-4-8(9)13/h3-5H,1-2H3,(H2,14,15)(H,16,17). The number of carbonyl (C=O) groups excluding carboxylic acids is 1. The van der Waals surface area contributed by atoms with Gasteiger partial charge in [0.2, 0.25) is 0 Å². The lowest BCUT2D eigenvalue weighted by molar-refractivity contribution is 0.102. The summed E-state index contributed by atoms with van der Waals surface area (Å²) in [5, 5.41) is 3.19. The molecule has 1 heterocycles. The highest BCUT2D eigenvalue weighted by Crippen LogP contribution is 2.28. The van der Waals surface area contributed by atoms with Crippen LogP contribution in [0.5, 0.6) is 5.75 Å². The molecule has 7 heteroatoms. The molecule has 1 aromatic carbocycles. The van der Waals surface area contributed by atoms with E-state index >= 15 is 0 Å². The molecule has 0 bridgehead atoms. The number of methoxy groups -OCH3 is 1. The summed E-state index contributed by atoms with van der Waals surface area (Å²) >= 11 is 4.54. The SMILES string of the molecule is COc1ccc(Br)c(NC(=O)c2sc(N)nc2C)c1. The van der Waals surface area contributed by atoms with Gasteiger partial charge in [-0.3, -0.25) is 4.79 Å². The molecule has 0 spiro atoms. The third kappa shape index (κ3) is 3.05. The molecule has 0 saturated heterocycles. The van der Waals surface area contributed by atoms with Crippen LogP contribution in [0, 0.1) is 6.92 Å². The van der Waals surface area contributed by atoms with Gasteiger partial charge in [-0.05, 0) is 35.0 Å². The van der Waals surface area contributed by atoms with E-state index in [1.54, 1.807) is 26.2 Å². The first-order valence-electron chi connectivity index (χ1n) is 5.39. The highest BCUT2D eigenvalue weighted by atomic mass is 79.9. The zero-order valence-corrected chi connectivity index (χ0v) is 12.8. The van der Waals surface area contributed by atoms with Gasteiger partial charge < -0.3 is 15.8 Å². The van der Waals surface area contributed by atoms with Gasteiger partial charge in [0, 0.05) is 10.5 Å². The van der Waals surface area contributed by atoms with E-state index < -0.39 is 0 Å². The van der Waals surface area contributed by atoms with E-state index in [0.29, 0.717) is 27.1 Å². The average Bonchev–Trinajstić information content (AvgIpc) is 2.71. The van der Waals surface area contributed by atoms with Gasteiger partial charge in [0.05, 0.1) is 18.5 Å². The Hall–Kier alpha value is -1.60. The Morgan fingerprint density at radius 1 is 1.53 bits per heavy atom. The molecule has 2 aromatic rings. The number of thiazole rings is 1. The van der Waals surface area contributed by atoms with Crippen LogP contribution in [0.15, 0.2) is 22.7 Å². The molecule has 2 rings (SSSR count). The van der Waals surface area contributed by atoms with Crippen molar-refractivity contribution in [1.29, 1.82) is 0 Å². The molecule has 1 aromatic heterocycles. The van der Waals surface area contributed by atoms with Crippen LogP contribution in [-0.4, -0.2) is 18.0 Å². The number of benzene rings is 1. The lowest BCUT2D eigenvalue weighted by atomic mass is 10.3. The fraction of sp³-hybridized carbons (Fsp3) is 0.167. The Morgan fingerprint density at radius 2 is 2.26 bits per heavy atom. The number of halogens is 1. The van der Waals surface area contributed by atoms with E-state index in [0.717, 1.165) is 4.47 Å². The largest absolute Gasteiger partial charge is 0.497 e. The number of carbonyl (C=O) groups is 1. The van der Waals surface area contributed by atoms with Crippen LogP contribution >= 0.6 is 27.3 Å². The van der Waals surface area contributed by atoms with Gasteiger partial charge in [0.1, 0.15) is 10.6 Å². The number of rotatable bonds is 3. The highest BCUT2D eigenvalue weighted by molar-refractivity contribution is 9.10. The first kappa shape index (κ1) is 13.8. The lowest BCUT2D eigenvalue weighted by Gasteiger charge is -2.08. The summed E-state index contributed by atoms with van der Waals surface area (Å²) in [6.45, 7) is 1.75. The van der Waals surface area contributed by atoms with Crippen molar-refractivity contribution in [1.82, 2.24) is 4.98 Å². The van der Waals surface area contributed by atoms with Crippen LogP contribution in [-0.2, 0) is 0 Å². The maximum absolute atomic E-state index is 12.1. The molecule has 0 saturated carbocycles. The summed E-state index contributed by atoms with van der Waals surface area (Å²) in [5.74, 6) is 0.430. The van der Waals surface area contributed by atoms with Crippen LogP contribution in [0.25, 0.3) is 0 Å². The molecule has 100 valence electrons. The third-order valence-corrected chi connectivity index (χ3v) is 4.12. The summed E-state index contributed by atoms with van der Waals surface area (Å²) in [6.07, 6.45) is 0. The van der Waals surface area contributed by atoms with E-state index in [1.165, 1.54) is 11.3 Å². The first-order valence-corrected chi connectivity index (χ1v) is 7.00. The van der Waals surface area contributed by atoms with Crippen molar-refractivity contribution in [3.8, 4) is 5.75 Å². The van der Waals surface area contributed by atoms with E-state index in [9.17, 15) is 4.79 Å². The van der Waals surface area contributed by atoms with E-state index in [4.69, 9.17) is 10.5 Å². The number of nitrogens with zero attached hydrogens (tertiary/aromatic N) is 1. The molecule has 5 nitrogen and oxygen atoms in total. The topological polar surface area (TPSA) is 77.2 Å². The molecule has 0 aliphatic rings. The number of anilines is 2. The predicted octanol–water partition coefficient (Wildman–Crippen LogP) is 3.06. The number of hydrogen-bond acceptors (Lipinski definition) is 5. The van der Waals surface area contributed by atoms with Crippen molar-refractivity contribution in [3.63, 3.8) is 0 Å². The maximum Gasteiger partial charge on any atom is 0.267 e. The monoisotopic (exact) mass is 341 g/mol. The van der Waals surface area contributed by atoms with E-state index in [1.807, 2.05) is 6.07 Å².